The van der Waals surface area contributed by atoms with E-state index in [2.05, 4.69) is 66.7 Å². The van der Waals surface area contributed by atoms with Gasteiger partial charge in [0.15, 0.2) is 0 Å². The van der Waals surface area contributed by atoms with Gasteiger partial charge in [0, 0.05) is 41.5 Å². The van der Waals surface area contributed by atoms with Crippen LogP contribution in [0.1, 0.15) is 0 Å². The molecule has 0 aliphatic heterocycles. The van der Waals surface area contributed by atoms with Crippen molar-refractivity contribution in [3.8, 4) is 28.7 Å². The summed E-state index contributed by atoms with van der Waals surface area (Å²) in [6.07, 6.45) is 9.35. The Labute approximate surface area is 229 Å². The Morgan fingerprint density at radius 1 is 0.575 bits per heavy atom. The summed E-state index contributed by atoms with van der Waals surface area (Å²) in [7, 11) is 0. The molecule has 0 spiro atoms. The van der Waals surface area contributed by atoms with Crippen molar-refractivity contribution in [3.63, 3.8) is 0 Å². The summed E-state index contributed by atoms with van der Waals surface area (Å²) in [5.41, 5.74) is 6.07. The second kappa shape index (κ2) is 8.96. The Kier molecular flexibility index (Phi) is 4.99. The van der Waals surface area contributed by atoms with Crippen molar-refractivity contribution in [1.29, 1.82) is 0 Å². The van der Waals surface area contributed by atoms with Gasteiger partial charge in [-0.05, 0) is 60.7 Å². The summed E-state index contributed by atoms with van der Waals surface area (Å²) in [6, 6.07) is 34.6. The Hall–Kier alpha value is -5.69. The Morgan fingerprint density at radius 2 is 1.45 bits per heavy atom. The molecule has 0 aliphatic rings. The first-order chi connectivity index (χ1) is 19.8. The molecule has 0 fully saturated rings. The maximum Gasteiger partial charge on any atom is 0.137 e. The van der Waals surface area contributed by atoms with E-state index in [4.69, 9.17) is 4.74 Å². The third-order valence-electron chi connectivity index (χ3n) is 7.17. The molecule has 0 N–H and O–H groups in total. The van der Waals surface area contributed by atoms with E-state index in [-0.39, 0.29) is 0 Å². The third kappa shape index (κ3) is 3.56. The quantitative estimate of drug-likeness (QED) is 0.237. The van der Waals surface area contributed by atoms with Crippen LogP contribution in [0.3, 0.4) is 0 Å². The lowest BCUT2D eigenvalue weighted by atomic mass is 10.1. The van der Waals surface area contributed by atoms with Gasteiger partial charge in [-0.2, -0.15) is 5.10 Å². The molecule has 0 aliphatic carbocycles. The molecule has 8 rings (SSSR count). The SMILES string of the molecule is c1ccc(-n2c3ccccc3c3ccc(Oc4cccc(-n5ncc6c5ccn6-c5cccnc5)c4)cc32)nc1. The summed E-state index contributed by atoms with van der Waals surface area (Å²) < 4.78 is 12.6. The second-order valence-electron chi connectivity index (χ2n) is 9.54. The van der Waals surface area contributed by atoms with Crippen LogP contribution < -0.4 is 4.74 Å². The fraction of sp³-hybridized carbons (Fsp3) is 0. The number of ether oxygens (including phenoxy) is 1. The third-order valence-corrected chi connectivity index (χ3v) is 7.17. The van der Waals surface area contributed by atoms with Crippen LogP contribution in [0.5, 0.6) is 11.5 Å². The van der Waals surface area contributed by atoms with Gasteiger partial charge in [-0.25, -0.2) is 9.67 Å². The van der Waals surface area contributed by atoms with Gasteiger partial charge in [0.25, 0.3) is 0 Å². The first-order valence-electron chi connectivity index (χ1n) is 13.0. The molecule has 0 atom stereocenters. The highest BCUT2D eigenvalue weighted by atomic mass is 16.5. The van der Waals surface area contributed by atoms with Crippen molar-refractivity contribution in [2.75, 3.05) is 0 Å². The van der Waals surface area contributed by atoms with Gasteiger partial charge in [0.1, 0.15) is 17.3 Å². The van der Waals surface area contributed by atoms with Crippen LogP contribution in [0.25, 0.3) is 50.0 Å². The summed E-state index contributed by atoms with van der Waals surface area (Å²) in [4.78, 5) is 8.88. The minimum atomic E-state index is 0.729. The number of hydrogen-bond acceptors (Lipinski definition) is 4. The van der Waals surface area contributed by atoms with Crippen molar-refractivity contribution in [3.05, 3.63) is 134 Å². The van der Waals surface area contributed by atoms with E-state index in [0.717, 1.165) is 56.1 Å². The van der Waals surface area contributed by atoms with Crippen molar-refractivity contribution in [2.45, 2.75) is 0 Å². The van der Waals surface area contributed by atoms with E-state index in [9.17, 15) is 0 Å². The highest BCUT2D eigenvalue weighted by Gasteiger charge is 2.15. The number of pyridine rings is 2. The Morgan fingerprint density at radius 3 is 2.35 bits per heavy atom. The lowest BCUT2D eigenvalue weighted by Gasteiger charge is -2.10. The van der Waals surface area contributed by atoms with Crippen molar-refractivity contribution in [2.24, 2.45) is 0 Å². The zero-order valence-electron chi connectivity index (χ0n) is 21.3. The molecule has 0 radical (unpaired) electrons. The summed E-state index contributed by atoms with van der Waals surface area (Å²) >= 11 is 0. The number of fused-ring (bicyclic) bond motifs is 4. The topological polar surface area (TPSA) is 62.7 Å². The Balaban J connectivity index is 1.18. The minimum Gasteiger partial charge on any atom is -0.457 e. The summed E-state index contributed by atoms with van der Waals surface area (Å²) in [6.45, 7) is 0. The van der Waals surface area contributed by atoms with Crippen molar-refractivity contribution >= 4 is 32.8 Å². The Bertz CT molecular complexity index is 2140. The molecular weight excluding hydrogens is 496 g/mol. The van der Waals surface area contributed by atoms with Crippen LogP contribution >= 0.6 is 0 Å². The second-order valence-corrected chi connectivity index (χ2v) is 9.54. The zero-order chi connectivity index (χ0) is 26.5. The molecule has 0 bridgehead atoms. The molecule has 5 heterocycles. The van der Waals surface area contributed by atoms with Gasteiger partial charge < -0.3 is 9.30 Å². The molecule has 0 saturated heterocycles. The largest absolute Gasteiger partial charge is 0.457 e. The van der Waals surface area contributed by atoms with Crippen molar-refractivity contribution in [1.82, 2.24) is 28.9 Å². The van der Waals surface area contributed by atoms with Gasteiger partial charge in [0.2, 0.25) is 0 Å². The molecule has 0 saturated carbocycles. The number of rotatable bonds is 5. The fourth-order valence-corrected chi connectivity index (χ4v) is 5.40. The number of hydrogen-bond donors (Lipinski definition) is 0. The molecule has 8 aromatic rings. The van der Waals surface area contributed by atoms with E-state index < -0.39 is 0 Å². The molecular formula is C33H22N6O. The van der Waals surface area contributed by atoms with Gasteiger partial charge in [-0.1, -0.05) is 30.3 Å². The van der Waals surface area contributed by atoms with Crippen LogP contribution in [0, 0.1) is 0 Å². The lowest BCUT2D eigenvalue weighted by molar-refractivity contribution is 0.483. The minimum absolute atomic E-state index is 0.729. The van der Waals surface area contributed by atoms with E-state index in [1.807, 2.05) is 90.1 Å². The average molecular weight is 519 g/mol. The number of para-hydroxylation sites is 1. The summed E-state index contributed by atoms with van der Waals surface area (Å²) in [5.74, 6) is 2.35. The van der Waals surface area contributed by atoms with Crippen LogP contribution in [-0.2, 0) is 0 Å². The number of benzene rings is 3. The molecule has 7 nitrogen and oxygen atoms in total. The predicted octanol–water partition coefficient (Wildman–Crippen LogP) is 7.50. The molecule has 0 amide bonds. The van der Waals surface area contributed by atoms with E-state index in [1.54, 1.807) is 6.20 Å². The normalized spacial score (nSPS) is 11.5. The van der Waals surface area contributed by atoms with Crippen LogP contribution in [0.15, 0.2) is 134 Å². The maximum atomic E-state index is 6.41. The number of aromatic nitrogens is 6. The van der Waals surface area contributed by atoms with E-state index in [0.29, 0.717) is 0 Å². The lowest BCUT2D eigenvalue weighted by Crippen LogP contribution is -1.97. The molecule has 190 valence electrons. The van der Waals surface area contributed by atoms with Gasteiger partial charge >= 0.3 is 0 Å². The zero-order valence-corrected chi connectivity index (χ0v) is 21.3. The molecule has 40 heavy (non-hydrogen) atoms. The number of nitrogens with zero attached hydrogens (tertiary/aromatic N) is 6. The standard InChI is InChI=1S/C33H22N6O/c1-2-11-29-27(10-1)28-14-13-26(20-31(28)38(29)33-12-3-4-17-35-33)40-25-9-5-7-23(19-25)39-30-15-18-37(32(30)22-36-39)24-8-6-16-34-21-24/h1-22H. The first-order valence-corrected chi connectivity index (χ1v) is 13.0. The fourth-order valence-electron chi connectivity index (χ4n) is 5.40. The smallest absolute Gasteiger partial charge is 0.137 e. The molecule has 0 unspecified atom stereocenters. The van der Waals surface area contributed by atoms with Gasteiger partial charge in [0.05, 0.1) is 45.8 Å². The molecule has 7 heteroatoms. The molecule has 3 aromatic carbocycles. The van der Waals surface area contributed by atoms with E-state index in [1.165, 1.54) is 5.39 Å². The van der Waals surface area contributed by atoms with Crippen LogP contribution in [0.2, 0.25) is 0 Å². The van der Waals surface area contributed by atoms with Crippen LogP contribution in [0.4, 0.5) is 0 Å². The van der Waals surface area contributed by atoms with Gasteiger partial charge in [-0.15, -0.1) is 0 Å². The monoisotopic (exact) mass is 518 g/mol. The average Bonchev–Trinajstić information content (AvgIpc) is 3.70. The van der Waals surface area contributed by atoms with Crippen LogP contribution in [-0.4, -0.2) is 28.9 Å². The molecule has 5 aromatic heterocycles. The van der Waals surface area contributed by atoms with Gasteiger partial charge in [-0.3, -0.25) is 9.55 Å². The maximum absolute atomic E-state index is 6.41. The summed E-state index contributed by atoms with van der Waals surface area (Å²) in [5, 5.41) is 7.01. The first kappa shape index (κ1) is 22.3. The highest BCUT2D eigenvalue weighted by molar-refractivity contribution is 6.09. The van der Waals surface area contributed by atoms with Crippen molar-refractivity contribution < 1.29 is 4.74 Å². The van der Waals surface area contributed by atoms with E-state index >= 15 is 0 Å². The predicted molar refractivity (Wildman–Crippen MR) is 157 cm³/mol. The highest BCUT2D eigenvalue weighted by Crippen LogP contribution is 2.35.